The molecular formula is C21H24N6O2. The van der Waals surface area contributed by atoms with Gasteiger partial charge < -0.3 is 20.1 Å². The van der Waals surface area contributed by atoms with E-state index in [4.69, 9.17) is 0 Å². The van der Waals surface area contributed by atoms with Crippen LogP contribution in [0.4, 0.5) is 11.5 Å². The predicted octanol–water partition coefficient (Wildman–Crippen LogP) is 2.03. The zero-order valence-corrected chi connectivity index (χ0v) is 16.3. The molecule has 4 rings (SSSR count). The molecule has 8 heteroatoms. The summed E-state index contributed by atoms with van der Waals surface area (Å²) in [5.74, 6) is 0.796. The third-order valence-corrected chi connectivity index (χ3v) is 5.37. The Hall–Kier alpha value is -3.42. The van der Waals surface area contributed by atoms with E-state index in [1.165, 1.54) is 0 Å². The summed E-state index contributed by atoms with van der Waals surface area (Å²) in [5, 5.41) is 6.71. The third kappa shape index (κ3) is 4.21. The van der Waals surface area contributed by atoms with Crippen molar-refractivity contribution in [3.05, 3.63) is 49.1 Å². The number of likely N-dealkylation sites (N-methyl/N-ethyl adjacent to an activating group) is 1. The van der Waals surface area contributed by atoms with Crippen LogP contribution in [0, 0.1) is 5.92 Å². The molecule has 1 fully saturated rings. The van der Waals surface area contributed by atoms with E-state index in [0.717, 1.165) is 48.3 Å². The average molecular weight is 392 g/mol. The molecule has 3 heterocycles. The molecule has 1 aliphatic rings. The summed E-state index contributed by atoms with van der Waals surface area (Å²) in [5.41, 5.74) is 1.67. The molecule has 0 saturated carbocycles. The molecule has 1 aliphatic heterocycles. The van der Waals surface area contributed by atoms with Gasteiger partial charge in [0.25, 0.3) is 0 Å². The van der Waals surface area contributed by atoms with Gasteiger partial charge in [0.1, 0.15) is 12.4 Å². The zero-order valence-electron chi connectivity index (χ0n) is 16.3. The van der Waals surface area contributed by atoms with Gasteiger partial charge >= 0.3 is 0 Å². The number of hydrogen-bond acceptors (Lipinski definition) is 5. The van der Waals surface area contributed by atoms with Gasteiger partial charge in [-0.2, -0.15) is 0 Å². The highest BCUT2D eigenvalue weighted by Gasteiger charge is 2.25. The largest absolute Gasteiger partial charge is 0.358 e. The van der Waals surface area contributed by atoms with Crippen LogP contribution >= 0.6 is 0 Å². The number of amides is 2. The van der Waals surface area contributed by atoms with Crippen LogP contribution in [0.5, 0.6) is 0 Å². The number of anilines is 2. The van der Waals surface area contributed by atoms with E-state index < -0.39 is 0 Å². The number of nitrogens with zero attached hydrogens (tertiary/aromatic N) is 4. The number of rotatable bonds is 5. The van der Waals surface area contributed by atoms with Gasteiger partial charge in [-0.3, -0.25) is 14.6 Å². The van der Waals surface area contributed by atoms with E-state index in [1.807, 2.05) is 35.0 Å². The Balaban J connectivity index is 1.40. The zero-order chi connectivity index (χ0) is 20.2. The fourth-order valence-electron chi connectivity index (χ4n) is 3.70. The van der Waals surface area contributed by atoms with Gasteiger partial charge in [-0.1, -0.05) is 6.07 Å². The minimum Gasteiger partial charge on any atom is -0.358 e. The first kappa shape index (κ1) is 18.9. The van der Waals surface area contributed by atoms with Crippen LogP contribution in [0.15, 0.2) is 49.1 Å². The van der Waals surface area contributed by atoms with E-state index in [9.17, 15) is 9.59 Å². The summed E-state index contributed by atoms with van der Waals surface area (Å²) in [6.07, 6.45) is 8.53. The highest BCUT2D eigenvalue weighted by molar-refractivity contribution is 5.95. The van der Waals surface area contributed by atoms with E-state index in [0.29, 0.717) is 0 Å². The molecule has 0 unspecified atom stereocenters. The molecule has 0 radical (unpaired) electrons. The normalized spacial score (nSPS) is 14.7. The maximum Gasteiger partial charge on any atom is 0.239 e. The molecule has 8 nitrogen and oxygen atoms in total. The summed E-state index contributed by atoms with van der Waals surface area (Å²) in [6, 6.07) is 7.75. The second kappa shape index (κ2) is 8.30. The Bertz CT molecular complexity index is 1010. The lowest BCUT2D eigenvalue weighted by molar-refractivity contribution is -0.121. The highest BCUT2D eigenvalue weighted by atomic mass is 16.2. The van der Waals surface area contributed by atoms with Gasteiger partial charge in [0.15, 0.2) is 0 Å². The van der Waals surface area contributed by atoms with Crippen LogP contribution in [0.25, 0.3) is 10.9 Å². The van der Waals surface area contributed by atoms with Gasteiger partial charge in [-0.05, 0) is 36.4 Å². The fraction of sp³-hybridized carbons (Fsp3) is 0.333. The van der Waals surface area contributed by atoms with E-state index in [2.05, 4.69) is 25.5 Å². The maximum atomic E-state index is 12.8. The SMILES string of the molecule is CNC(=O)Cn1ccc2ccc(NC(=O)C3CCN(c4cnccn4)CC3)cc21. The van der Waals surface area contributed by atoms with Crippen LogP contribution in [-0.2, 0) is 16.1 Å². The summed E-state index contributed by atoms with van der Waals surface area (Å²) in [6.45, 7) is 1.81. The second-order valence-electron chi connectivity index (χ2n) is 7.20. The number of piperidine rings is 1. The number of fused-ring (bicyclic) bond motifs is 1. The molecule has 2 N–H and O–H groups in total. The number of benzene rings is 1. The molecule has 2 amide bonds. The lowest BCUT2D eigenvalue weighted by atomic mass is 9.96. The summed E-state index contributed by atoms with van der Waals surface area (Å²) >= 11 is 0. The smallest absolute Gasteiger partial charge is 0.239 e. The minimum atomic E-state index is -0.0631. The van der Waals surface area contributed by atoms with Crippen molar-refractivity contribution in [1.82, 2.24) is 19.9 Å². The summed E-state index contributed by atoms with van der Waals surface area (Å²) in [4.78, 5) is 35.1. The van der Waals surface area contributed by atoms with Crippen molar-refractivity contribution in [2.24, 2.45) is 5.92 Å². The number of hydrogen-bond donors (Lipinski definition) is 2. The first-order chi connectivity index (χ1) is 14.1. The number of carbonyl (C=O) groups excluding carboxylic acids is 2. The van der Waals surface area contributed by atoms with Crippen LogP contribution in [-0.4, -0.2) is 46.5 Å². The van der Waals surface area contributed by atoms with Crippen LogP contribution < -0.4 is 15.5 Å². The topological polar surface area (TPSA) is 92.2 Å². The number of aromatic nitrogens is 3. The van der Waals surface area contributed by atoms with Crippen molar-refractivity contribution in [1.29, 1.82) is 0 Å². The van der Waals surface area contributed by atoms with Crippen molar-refractivity contribution in [3.63, 3.8) is 0 Å². The first-order valence-corrected chi connectivity index (χ1v) is 9.75. The number of nitrogens with one attached hydrogen (secondary N) is 2. The molecule has 2 aromatic heterocycles. The predicted molar refractivity (Wildman–Crippen MR) is 112 cm³/mol. The van der Waals surface area contributed by atoms with Gasteiger partial charge in [-0.15, -0.1) is 0 Å². The summed E-state index contributed by atoms with van der Waals surface area (Å²) in [7, 11) is 1.62. The second-order valence-corrected chi connectivity index (χ2v) is 7.20. The van der Waals surface area contributed by atoms with Gasteiger partial charge in [-0.25, -0.2) is 4.98 Å². The van der Waals surface area contributed by atoms with Crippen molar-refractivity contribution in [2.75, 3.05) is 30.4 Å². The monoisotopic (exact) mass is 392 g/mol. The number of carbonyl (C=O) groups is 2. The van der Waals surface area contributed by atoms with Gasteiger partial charge in [0.2, 0.25) is 11.8 Å². The molecular weight excluding hydrogens is 368 g/mol. The minimum absolute atomic E-state index is 0.0312. The van der Waals surface area contributed by atoms with Crippen molar-refractivity contribution in [3.8, 4) is 0 Å². The van der Waals surface area contributed by atoms with Crippen LogP contribution in [0.2, 0.25) is 0 Å². The molecule has 0 atom stereocenters. The highest BCUT2D eigenvalue weighted by Crippen LogP contribution is 2.24. The molecule has 1 saturated heterocycles. The van der Waals surface area contributed by atoms with Crippen LogP contribution in [0.1, 0.15) is 12.8 Å². The summed E-state index contributed by atoms with van der Waals surface area (Å²) < 4.78 is 1.88. The van der Waals surface area contributed by atoms with Gasteiger partial charge in [0, 0.05) is 50.3 Å². The van der Waals surface area contributed by atoms with E-state index >= 15 is 0 Å². The van der Waals surface area contributed by atoms with E-state index in [-0.39, 0.29) is 24.3 Å². The average Bonchev–Trinajstić information content (AvgIpc) is 3.16. The first-order valence-electron chi connectivity index (χ1n) is 9.75. The van der Waals surface area contributed by atoms with Crippen molar-refractivity contribution in [2.45, 2.75) is 19.4 Å². The lowest BCUT2D eigenvalue weighted by Crippen LogP contribution is -2.38. The molecule has 0 bridgehead atoms. The molecule has 29 heavy (non-hydrogen) atoms. The van der Waals surface area contributed by atoms with Gasteiger partial charge in [0.05, 0.1) is 11.7 Å². The Morgan fingerprint density at radius 3 is 2.72 bits per heavy atom. The van der Waals surface area contributed by atoms with Crippen LogP contribution in [0.3, 0.4) is 0 Å². The third-order valence-electron chi connectivity index (χ3n) is 5.37. The van der Waals surface area contributed by atoms with E-state index in [1.54, 1.807) is 25.6 Å². The molecule has 150 valence electrons. The maximum absolute atomic E-state index is 12.8. The quantitative estimate of drug-likeness (QED) is 0.693. The lowest BCUT2D eigenvalue weighted by Gasteiger charge is -2.31. The Morgan fingerprint density at radius 1 is 1.17 bits per heavy atom. The molecule has 1 aromatic carbocycles. The molecule has 0 aliphatic carbocycles. The fourth-order valence-corrected chi connectivity index (χ4v) is 3.70. The standard InChI is InChI=1S/C21H24N6O2/c1-22-20(28)14-27-11-4-15-2-3-17(12-18(15)27)25-21(29)16-5-9-26(10-6-16)19-13-23-7-8-24-19/h2-4,7-8,11-13,16H,5-6,9-10,14H2,1H3,(H,22,28)(H,25,29). The Morgan fingerprint density at radius 2 is 2.00 bits per heavy atom. The molecule has 0 spiro atoms. The van der Waals surface area contributed by atoms with Crippen molar-refractivity contribution < 1.29 is 9.59 Å². The van der Waals surface area contributed by atoms with Crippen molar-refractivity contribution >= 4 is 34.2 Å². The Labute approximate surface area is 168 Å². The Kier molecular flexibility index (Phi) is 5.41. The molecule has 3 aromatic rings.